The fourth-order valence-electron chi connectivity index (χ4n) is 1.54. The van der Waals surface area contributed by atoms with Gasteiger partial charge in [-0.1, -0.05) is 0 Å². The summed E-state index contributed by atoms with van der Waals surface area (Å²) in [6.07, 6.45) is 0.923. The zero-order valence-electron chi connectivity index (χ0n) is 13.6. The first-order valence-corrected chi connectivity index (χ1v) is 8.22. The van der Waals surface area contributed by atoms with Crippen LogP contribution in [0.4, 0.5) is 0 Å². The van der Waals surface area contributed by atoms with Gasteiger partial charge in [0.1, 0.15) is 5.01 Å². The Morgan fingerprint density at radius 1 is 1.14 bits per heavy atom. The maximum atomic E-state index is 5.55. The summed E-state index contributed by atoms with van der Waals surface area (Å²) in [4.78, 5) is 4.55. The monoisotopic (exact) mass is 316 g/mol. The van der Waals surface area contributed by atoms with Gasteiger partial charge in [0.15, 0.2) is 0 Å². The average Bonchev–Trinajstić information content (AvgIpc) is 2.87. The van der Waals surface area contributed by atoms with E-state index in [4.69, 9.17) is 14.2 Å². The summed E-state index contributed by atoms with van der Waals surface area (Å²) >= 11 is 1.67. The molecule has 0 radical (unpaired) electrons. The molecule has 0 fully saturated rings. The van der Waals surface area contributed by atoms with Crippen LogP contribution in [-0.4, -0.2) is 44.1 Å². The quantitative estimate of drug-likeness (QED) is 0.636. The van der Waals surface area contributed by atoms with Crippen molar-refractivity contribution in [3.8, 4) is 0 Å². The van der Waals surface area contributed by atoms with Gasteiger partial charge in [-0.2, -0.15) is 0 Å². The van der Waals surface area contributed by atoms with Gasteiger partial charge in [-0.25, -0.2) is 4.98 Å². The van der Waals surface area contributed by atoms with Gasteiger partial charge >= 0.3 is 0 Å². The van der Waals surface area contributed by atoms with E-state index in [2.05, 4.69) is 36.5 Å². The Hall–Kier alpha value is -0.530. The number of methoxy groups -OCH3 is 1. The van der Waals surface area contributed by atoms with E-state index in [-0.39, 0.29) is 5.54 Å². The molecule has 0 unspecified atom stereocenters. The Kier molecular flexibility index (Phi) is 9.03. The van der Waals surface area contributed by atoms with E-state index in [9.17, 15) is 0 Å². The lowest BCUT2D eigenvalue weighted by molar-refractivity contribution is 0.0328. The first-order chi connectivity index (χ1) is 10.0. The van der Waals surface area contributed by atoms with E-state index >= 15 is 0 Å². The third kappa shape index (κ3) is 9.92. The van der Waals surface area contributed by atoms with Crippen LogP contribution < -0.4 is 5.32 Å². The minimum absolute atomic E-state index is 0.114. The molecule has 122 valence electrons. The van der Waals surface area contributed by atoms with Crippen molar-refractivity contribution < 1.29 is 14.2 Å². The molecule has 0 aliphatic rings. The predicted octanol–water partition coefficient (Wildman–Crippen LogP) is 2.60. The first kappa shape index (κ1) is 18.5. The molecule has 1 rings (SSSR count). The molecule has 0 bridgehead atoms. The van der Waals surface area contributed by atoms with Crippen LogP contribution in [0.15, 0.2) is 5.38 Å². The van der Waals surface area contributed by atoms with Crippen LogP contribution >= 0.6 is 11.3 Å². The fraction of sp³-hybridized carbons (Fsp3) is 0.800. The van der Waals surface area contributed by atoms with Crippen LogP contribution in [0.3, 0.4) is 0 Å². The van der Waals surface area contributed by atoms with Gasteiger partial charge in [0.25, 0.3) is 0 Å². The van der Waals surface area contributed by atoms with Crippen molar-refractivity contribution in [2.75, 3.05) is 33.5 Å². The molecule has 1 aromatic heterocycles. The molecule has 0 atom stereocenters. The minimum atomic E-state index is 0.114. The van der Waals surface area contributed by atoms with Gasteiger partial charge in [0.2, 0.25) is 0 Å². The van der Waals surface area contributed by atoms with Crippen LogP contribution in [0, 0.1) is 0 Å². The average molecular weight is 316 g/mol. The third-order valence-corrected chi connectivity index (χ3v) is 3.53. The maximum Gasteiger partial charge on any atom is 0.107 e. The summed E-state index contributed by atoms with van der Waals surface area (Å²) in [6, 6.07) is 0. The second kappa shape index (κ2) is 10.2. The molecule has 0 saturated heterocycles. The summed E-state index contributed by atoms with van der Waals surface area (Å²) < 4.78 is 15.9. The van der Waals surface area contributed by atoms with Crippen molar-refractivity contribution in [3.63, 3.8) is 0 Å². The van der Waals surface area contributed by atoms with Crippen LogP contribution in [0.25, 0.3) is 0 Å². The highest BCUT2D eigenvalue weighted by Crippen LogP contribution is 2.12. The molecular weight excluding hydrogens is 288 g/mol. The molecule has 1 aromatic rings. The molecule has 0 aromatic carbocycles. The molecule has 1 heterocycles. The molecule has 0 spiro atoms. The normalized spacial score (nSPS) is 12.0. The number of hydrogen-bond donors (Lipinski definition) is 1. The summed E-state index contributed by atoms with van der Waals surface area (Å²) in [5.74, 6) is 0. The van der Waals surface area contributed by atoms with Gasteiger partial charge in [-0.3, -0.25) is 0 Å². The van der Waals surface area contributed by atoms with Gasteiger partial charge in [0.05, 0.1) is 25.5 Å². The molecule has 21 heavy (non-hydrogen) atoms. The Bertz CT molecular complexity index is 377. The summed E-state index contributed by atoms with van der Waals surface area (Å²) in [5, 5.41) is 6.58. The van der Waals surface area contributed by atoms with Gasteiger partial charge < -0.3 is 19.5 Å². The Balaban J connectivity index is 2.06. The van der Waals surface area contributed by atoms with Crippen LogP contribution in [0.5, 0.6) is 0 Å². The van der Waals surface area contributed by atoms with E-state index in [0.717, 1.165) is 36.9 Å². The Morgan fingerprint density at radius 3 is 2.62 bits per heavy atom. The topological polar surface area (TPSA) is 52.6 Å². The number of aromatic nitrogens is 1. The SMILES string of the molecule is COCCCOCCOCc1csc(CNC(C)(C)C)n1. The highest BCUT2D eigenvalue weighted by molar-refractivity contribution is 7.09. The summed E-state index contributed by atoms with van der Waals surface area (Å²) in [7, 11) is 1.70. The van der Waals surface area contributed by atoms with Crippen molar-refractivity contribution in [1.82, 2.24) is 10.3 Å². The standard InChI is InChI=1S/C15H28N2O3S/c1-15(2,3)16-10-14-17-13(12-21-14)11-20-9-8-19-7-5-6-18-4/h12,16H,5-11H2,1-4H3. The van der Waals surface area contributed by atoms with Gasteiger partial charge in [-0.15, -0.1) is 11.3 Å². The molecule has 6 heteroatoms. The number of thiazole rings is 1. The first-order valence-electron chi connectivity index (χ1n) is 7.34. The summed E-state index contributed by atoms with van der Waals surface area (Å²) in [6.45, 7) is 10.5. The zero-order chi connectivity index (χ0) is 15.6. The minimum Gasteiger partial charge on any atom is -0.385 e. The molecule has 1 N–H and O–H groups in total. The van der Waals surface area contributed by atoms with E-state index in [0.29, 0.717) is 19.8 Å². The molecule has 0 saturated carbocycles. The largest absolute Gasteiger partial charge is 0.385 e. The zero-order valence-corrected chi connectivity index (χ0v) is 14.4. The lowest BCUT2D eigenvalue weighted by Gasteiger charge is -2.19. The Labute approximate surface area is 132 Å². The molecule has 0 aliphatic heterocycles. The van der Waals surface area contributed by atoms with Gasteiger partial charge in [-0.05, 0) is 27.2 Å². The molecular formula is C15H28N2O3S. The number of nitrogens with one attached hydrogen (secondary N) is 1. The van der Waals surface area contributed by atoms with E-state index in [1.807, 2.05) is 0 Å². The van der Waals surface area contributed by atoms with Crippen LogP contribution in [0.2, 0.25) is 0 Å². The molecule has 0 amide bonds. The van der Waals surface area contributed by atoms with E-state index in [1.165, 1.54) is 0 Å². The fourth-order valence-corrected chi connectivity index (χ4v) is 2.26. The van der Waals surface area contributed by atoms with E-state index in [1.54, 1.807) is 18.4 Å². The number of nitrogens with zero attached hydrogens (tertiary/aromatic N) is 1. The molecule has 5 nitrogen and oxygen atoms in total. The van der Waals surface area contributed by atoms with Gasteiger partial charge in [0, 0.05) is 37.8 Å². The Morgan fingerprint density at radius 2 is 1.90 bits per heavy atom. The second-order valence-electron chi connectivity index (χ2n) is 5.85. The molecule has 0 aliphatic carbocycles. The van der Waals surface area contributed by atoms with Crippen molar-refractivity contribution in [2.24, 2.45) is 0 Å². The highest BCUT2D eigenvalue weighted by atomic mass is 32.1. The number of hydrogen-bond acceptors (Lipinski definition) is 6. The lowest BCUT2D eigenvalue weighted by Crippen LogP contribution is -2.35. The van der Waals surface area contributed by atoms with Crippen molar-refractivity contribution in [2.45, 2.75) is 45.9 Å². The summed E-state index contributed by atoms with van der Waals surface area (Å²) in [5.41, 5.74) is 1.10. The number of ether oxygens (including phenoxy) is 3. The third-order valence-electron chi connectivity index (χ3n) is 2.63. The lowest BCUT2D eigenvalue weighted by atomic mass is 10.1. The highest BCUT2D eigenvalue weighted by Gasteiger charge is 2.10. The number of rotatable bonds is 11. The van der Waals surface area contributed by atoms with Crippen molar-refractivity contribution >= 4 is 11.3 Å². The van der Waals surface area contributed by atoms with Crippen molar-refractivity contribution in [1.29, 1.82) is 0 Å². The maximum absolute atomic E-state index is 5.55. The van der Waals surface area contributed by atoms with E-state index < -0.39 is 0 Å². The smallest absolute Gasteiger partial charge is 0.107 e. The van der Waals surface area contributed by atoms with Crippen LogP contribution in [0.1, 0.15) is 37.9 Å². The predicted molar refractivity (Wildman–Crippen MR) is 85.7 cm³/mol. The second-order valence-corrected chi connectivity index (χ2v) is 6.79. The van der Waals surface area contributed by atoms with Crippen LogP contribution in [-0.2, 0) is 27.4 Å². The van der Waals surface area contributed by atoms with Crippen molar-refractivity contribution in [3.05, 3.63) is 16.1 Å².